The van der Waals surface area contributed by atoms with E-state index in [1.54, 1.807) is 6.07 Å². The third kappa shape index (κ3) is 5.74. The molecule has 4 rings (SSSR count). The SMILES string of the molecule is CCCCc1nc(C(O)c2ccccc2)cn1Cc1ccc(-c2ccccc2)c(C(=O)O)c1.Cl. The van der Waals surface area contributed by atoms with Gasteiger partial charge in [0, 0.05) is 19.2 Å². The number of aliphatic hydroxyl groups is 1. The largest absolute Gasteiger partial charge is 0.478 e. The summed E-state index contributed by atoms with van der Waals surface area (Å²) in [7, 11) is 0. The van der Waals surface area contributed by atoms with E-state index in [-0.39, 0.29) is 18.0 Å². The number of halogens is 1. The molecule has 0 radical (unpaired) electrons. The third-order valence-electron chi connectivity index (χ3n) is 5.78. The number of rotatable bonds is 9. The number of aryl methyl sites for hydroxylation is 1. The molecule has 1 atom stereocenters. The van der Waals surface area contributed by atoms with Gasteiger partial charge in [0.05, 0.1) is 11.3 Å². The average Bonchev–Trinajstić information content (AvgIpc) is 3.25. The molecule has 4 aromatic rings. The molecule has 0 aliphatic rings. The van der Waals surface area contributed by atoms with Crippen molar-refractivity contribution in [2.45, 2.75) is 38.8 Å². The maximum absolute atomic E-state index is 12.0. The predicted octanol–water partition coefficient (Wildman–Crippen LogP) is 6.14. The molecule has 5 nitrogen and oxygen atoms in total. The maximum atomic E-state index is 12.0. The van der Waals surface area contributed by atoms with Crippen LogP contribution in [-0.4, -0.2) is 25.7 Å². The zero-order chi connectivity index (χ0) is 23.2. The van der Waals surface area contributed by atoms with Crippen LogP contribution in [0.2, 0.25) is 0 Å². The fourth-order valence-corrected chi connectivity index (χ4v) is 4.02. The van der Waals surface area contributed by atoms with Crippen molar-refractivity contribution in [1.29, 1.82) is 0 Å². The molecule has 0 fully saturated rings. The molecule has 0 saturated heterocycles. The van der Waals surface area contributed by atoms with Crippen LogP contribution in [0.15, 0.2) is 85.1 Å². The Balaban J connectivity index is 0.00000324. The lowest BCUT2D eigenvalue weighted by Gasteiger charge is -2.12. The van der Waals surface area contributed by atoms with Gasteiger partial charge < -0.3 is 14.8 Å². The number of benzene rings is 3. The van der Waals surface area contributed by atoms with E-state index in [9.17, 15) is 15.0 Å². The Kier molecular flexibility index (Phi) is 8.63. The molecule has 2 N–H and O–H groups in total. The van der Waals surface area contributed by atoms with Gasteiger partial charge in [0.1, 0.15) is 11.9 Å². The number of carboxylic acids is 1. The number of aromatic carboxylic acids is 1. The molecule has 0 aliphatic heterocycles. The van der Waals surface area contributed by atoms with E-state index in [1.807, 2.05) is 83.6 Å². The number of aromatic nitrogens is 2. The molecule has 0 aliphatic carbocycles. The summed E-state index contributed by atoms with van der Waals surface area (Å²) >= 11 is 0. The van der Waals surface area contributed by atoms with Gasteiger partial charge in [-0.15, -0.1) is 12.4 Å². The fraction of sp³-hybridized carbons (Fsp3) is 0.214. The van der Waals surface area contributed by atoms with Crippen molar-refractivity contribution in [3.05, 3.63) is 113 Å². The highest BCUT2D eigenvalue weighted by molar-refractivity contribution is 5.96. The van der Waals surface area contributed by atoms with E-state index in [1.165, 1.54) is 0 Å². The van der Waals surface area contributed by atoms with Crippen molar-refractivity contribution >= 4 is 18.4 Å². The van der Waals surface area contributed by atoms with Crippen LogP contribution >= 0.6 is 12.4 Å². The number of nitrogens with zero attached hydrogens (tertiary/aromatic N) is 2. The van der Waals surface area contributed by atoms with Gasteiger partial charge in [0.2, 0.25) is 0 Å². The molecule has 1 unspecified atom stereocenters. The Morgan fingerprint density at radius 1 is 1.00 bits per heavy atom. The van der Waals surface area contributed by atoms with Crippen LogP contribution in [0.1, 0.15) is 58.9 Å². The number of imidazole rings is 1. The summed E-state index contributed by atoms with van der Waals surface area (Å²) in [5.41, 5.74) is 4.13. The zero-order valence-electron chi connectivity index (χ0n) is 19.1. The predicted molar refractivity (Wildman–Crippen MR) is 137 cm³/mol. The average molecular weight is 477 g/mol. The molecule has 3 aromatic carbocycles. The fourth-order valence-electron chi connectivity index (χ4n) is 4.02. The first-order valence-corrected chi connectivity index (χ1v) is 11.3. The highest BCUT2D eigenvalue weighted by Gasteiger charge is 2.18. The van der Waals surface area contributed by atoms with Crippen LogP contribution in [0.5, 0.6) is 0 Å². The third-order valence-corrected chi connectivity index (χ3v) is 5.78. The van der Waals surface area contributed by atoms with Crippen LogP contribution in [-0.2, 0) is 13.0 Å². The van der Waals surface area contributed by atoms with Crippen molar-refractivity contribution < 1.29 is 15.0 Å². The van der Waals surface area contributed by atoms with Gasteiger partial charge in [-0.1, -0.05) is 86.1 Å². The first-order valence-electron chi connectivity index (χ1n) is 11.3. The summed E-state index contributed by atoms with van der Waals surface area (Å²) in [6.45, 7) is 2.62. The summed E-state index contributed by atoms with van der Waals surface area (Å²) in [6.07, 6.45) is 3.91. The number of carboxylic acid groups (broad SMARTS) is 1. The van der Waals surface area contributed by atoms with Gasteiger partial charge in [-0.25, -0.2) is 9.78 Å². The van der Waals surface area contributed by atoms with E-state index in [0.29, 0.717) is 17.8 Å². The van der Waals surface area contributed by atoms with Crippen molar-refractivity contribution in [3.63, 3.8) is 0 Å². The highest BCUT2D eigenvalue weighted by atomic mass is 35.5. The number of hydrogen-bond acceptors (Lipinski definition) is 3. The summed E-state index contributed by atoms with van der Waals surface area (Å²) in [4.78, 5) is 16.7. The topological polar surface area (TPSA) is 75.4 Å². The van der Waals surface area contributed by atoms with Gasteiger partial charge in [0.25, 0.3) is 0 Å². The second-order valence-electron chi connectivity index (χ2n) is 8.18. The normalized spacial score (nSPS) is 11.6. The first-order chi connectivity index (χ1) is 16.1. The summed E-state index contributed by atoms with van der Waals surface area (Å²) in [5, 5.41) is 20.7. The van der Waals surface area contributed by atoms with E-state index < -0.39 is 12.1 Å². The quantitative estimate of drug-likeness (QED) is 0.304. The Morgan fingerprint density at radius 3 is 2.32 bits per heavy atom. The van der Waals surface area contributed by atoms with E-state index >= 15 is 0 Å². The van der Waals surface area contributed by atoms with Crippen LogP contribution in [0.4, 0.5) is 0 Å². The standard InChI is InChI=1S/C28H28N2O3.ClH/c1-2-3-14-26-29-25(27(31)22-12-8-5-9-13-22)19-30(26)18-20-15-16-23(24(17-20)28(32)33)21-10-6-4-7-11-21;/h4-13,15-17,19,27,31H,2-3,14,18H2,1H3,(H,32,33);1H. The summed E-state index contributed by atoms with van der Waals surface area (Å²) < 4.78 is 2.03. The van der Waals surface area contributed by atoms with E-state index in [2.05, 4.69) is 6.92 Å². The molecule has 0 spiro atoms. The van der Waals surface area contributed by atoms with E-state index in [4.69, 9.17) is 4.98 Å². The van der Waals surface area contributed by atoms with Crippen molar-refractivity contribution in [2.24, 2.45) is 0 Å². The monoisotopic (exact) mass is 476 g/mol. The molecule has 0 saturated carbocycles. The number of hydrogen-bond donors (Lipinski definition) is 2. The van der Waals surface area contributed by atoms with Crippen molar-refractivity contribution in [1.82, 2.24) is 9.55 Å². The molecule has 1 heterocycles. The Labute approximate surface area is 206 Å². The molecule has 34 heavy (non-hydrogen) atoms. The maximum Gasteiger partial charge on any atom is 0.336 e. The second-order valence-corrected chi connectivity index (χ2v) is 8.18. The summed E-state index contributed by atoms with van der Waals surface area (Å²) in [5.74, 6) is -0.0569. The zero-order valence-corrected chi connectivity index (χ0v) is 19.9. The molecule has 6 heteroatoms. The number of carbonyl (C=O) groups is 1. The molecule has 0 amide bonds. The lowest BCUT2D eigenvalue weighted by molar-refractivity contribution is 0.0697. The van der Waals surface area contributed by atoms with Crippen LogP contribution in [0, 0.1) is 0 Å². The van der Waals surface area contributed by atoms with Gasteiger partial charge >= 0.3 is 5.97 Å². The Hall–Kier alpha value is -3.41. The second kappa shape index (κ2) is 11.6. The van der Waals surface area contributed by atoms with Crippen LogP contribution < -0.4 is 0 Å². The van der Waals surface area contributed by atoms with Gasteiger partial charge in [0.15, 0.2) is 0 Å². The number of aliphatic hydroxyl groups excluding tert-OH is 1. The minimum Gasteiger partial charge on any atom is -0.478 e. The first kappa shape index (κ1) is 25.2. The van der Waals surface area contributed by atoms with Gasteiger partial charge in [-0.05, 0) is 34.7 Å². The molecule has 176 valence electrons. The highest BCUT2D eigenvalue weighted by Crippen LogP contribution is 2.26. The number of unbranched alkanes of at least 4 members (excludes halogenated alkanes) is 1. The molecular weight excluding hydrogens is 448 g/mol. The van der Waals surface area contributed by atoms with Crippen molar-refractivity contribution in [3.8, 4) is 11.1 Å². The minimum absolute atomic E-state index is 0. The van der Waals surface area contributed by atoms with E-state index in [0.717, 1.165) is 41.8 Å². The van der Waals surface area contributed by atoms with Crippen LogP contribution in [0.3, 0.4) is 0 Å². The Morgan fingerprint density at radius 2 is 1.68 bits per heavy atom. The lowest BCUT2D eigenvalue weighted by Crippen LogP contribution is -2.07. The molecular formula is C28H29ClN2O3. The van der Waals surface area contributed by atoms with Crippen LogP contribution in [0.25, 0.3) is 11.1 Å². The summed E-state index contributed by atoms with van der Waals surface area (Å²) in [6, 6.07) is 24.6. The lowest BCUT2D eigenvalue weighted by atomic mass is 9.97. The van der Waals surface area contributed by atoms with Gasteiger partial charge in [-0.3, -0.25) is 0 Å². The Bertz CT molecular complexity index is 1220. The molecule has 1 aromatic heterocycles. The van der Waals surface area contributed by atoms with Gasteiger partial charge in [-0.2, -0.15) is 0 Å². The molecule has 0 bridgehead atoms. The smallest absolute Gasteiger partial charge is 0.336 e. The van der Waals surface area contributed by atoms with Crippen molar-refractivity contribution in [2.75, 3.05) is 0 Å². The minimum atomic E-state index is -0.951.